The summed E-state index contributed by atoms with van der Waals surface area (Å²) in [5.74, 6) is 0.771. The molecule has 0 aliphatic carbocycles. The topological polar surface area (TPSA) is 35.0 Å². The van der Waals surface area contributed by atoms with Gasteiger partial charge in [0, 0.05) is 11.1 Å². The molecule has 76 valence electrons. The average molecular weight is 221 g/mol. The zero-order chi connectivity index (χ0) is 10.7. The number of ether oxygens (including phenoxy) is 1. The third-order valence-electron chi connectivity index (χ3n) is 2.07. The maximum Gasteiger partial charge on any atom is 0.159 e. The Hall–Kier alpha value is -1.61. The smallest absolute Gasteiger partial charge is 0.159 e. The fourth-order valence-corrected chi connectivity index (χ4v) is 1.59. The van der Waals surface area contributed by atoms with Gasteiger partial charge in [-0.25, -0.2) is 0 Å². The second kappa shape index (κ2) is 4.28. The van der Waals surface area contributed by atoms with Crippen molar-refractivity contribution in [1.29, 1.82) is 0 Å². The molecule has 0 aliphatic rings. The lowest BCUT2D eigenvalue weighted by Crippen LogP contribution is -1.90. The van der Waals surface area contributed by atoms with Crippen molar-refractivity contribution in [1.82, 2.24) is 10.2 Å². The summed E-state index contributed by atoms with van der Waals surface area (Å²) in [6, 6.07) is 9.46. The second-order valence-electron chi connectivity index (χ2n) is 2.94. The first-order valence-electron chi connectivity index (χ1n) is 4.43. The summed E-state index contributed by atoms with van der Waals surface area (Å²) < 4.78 is 5.25. The molecule has 3 nitrogen and oxygen atoms in total. The molecular weight excluding hydrogens is 212 g/mol. The molecule has 0 amide bonds. The molecule has 0 spiro atoms. The van der Waals surface area contributed by atoms with E-state index in [1.165, 1.54) is 0 Å². The molecule has 1 aromatic carbocycles. The number of para-hydroxylation sites is 1. The van der Waals surface area contributed by atoms with Crippen LogP contribution in [-0.4, -0.2) is 17.3 Å². The molecule has 2 aromatic rings. The molecule has 0 aliphatic heterocycles. The van der Waals surface area contributed by atoms with E-state index in [-0.39, 0.29) is 0 Å². The normalized spacial score (nSPS) is 10.0. The van der Waals surface area contributed by atoms with E-state index in [4.69, 9.17) is 16.3 Å². The molecule has 0 fully saturated rings. The van der Waals surface area contributed by atoms with Crippen molar-refractivity contribution in [2.75, 3.05) is 7.11 Å². The monoisotopic (exact) mass is 220 g/mol. The quantitative estimate of drug-likeness (QED) is 0.781. The van der Waals surface area contributed by atoms with E-state index in [0.29, 0.717) is 5.15 Å². The highest BCUT2D eigenvalue weighted by Gasteiger charge is 2.08. The average Bonchev–Trinajstić information content (AvgIpc) is 2.30. The predicted octanol–water partition coefficient (Wildman–Crippen LogP) is 2.81. The summed E-state index contributed by atoms with van der Waals surface area (Å²) in [4.78, 5) is 0. The van der Waals surface area contributed by atoms with Crippen molar-refractivity contribution in [3.05, 3.63) is 41.7 Å². The first-order chi connectivity index (χ1) is 7.33. The molecule has 0 radical (unpaired) electrons. The first-order valence-corrected chi connectivity index (χ1v) is 4.81. The maximum atomic E-state index is 5.96. The zero-order valence-electron chi connectivity index (χ0n) is 8.14. The minimum absolute atomic E-state index is 0.377. The Morgan fingerprint density at radius 1 is 1.13 bits per heavy atom. The number of halogens is 1. The molecule has 1 aromatic heterocycles. The van der Waals surface area contributed by atoms with Crippen LogP contribution in [0.1, 0.15) is 0 Å². The summed E-state index contributed by atoms with van der Waals surface area (Å²) in [5.41, 5.74) is 1.74. The van der Waals surface area contributed by atoms with Gasteiger partial charge in [0.1, 0.15) is 5.75 Å². The van der Waals surface area contributed by atoms with Crippen molar-refractivity contribution < 1.29 is 4.74 Å². The van der Waals surface area contributed by atoms with E-state index in [2.05, 4.69) is 10.2 Å². The van der Waals surface area contributed by atoms with Crippen LogP contribution in [0.3, 0.4) is 0 Å². The molecule has 4 heteroatoms. The lowest BCUT2D eigenvalue weighted by molar-refractivity contribution is 0.416. The fraction of sp³-hybridized carbons (Fsp3) is 0.0909. The molecule has 0 bridgehead atoms. The number of benzene rings is 1. The van der Waals surface area contributed by atoms with Gasteiger partial charge < -0.3 is 4.74 Å². The largest absolute Gasteiger partial charge is 0.496 e. The van der Waals surface area contributed by atoms with Gasteiger partial charge in [-0.05, 0) is 12.1 Å². The van der Waals surface area contributed by atoms with Gasteiger partial charge in [-0.3, -0.25) is 0 Å². The Morgan fingerprint density at radius 2 is 1.93 bits per heavy atom. The van der Waals surface area contributed by atoms with Crippen molar-refractivity contribution in [3.63, 3.8) is 0 Å². The van der Waals surface area contributed by atoms with Crippen molar-refractivity contribution in [2.24, 2.45) is 0 Å². The number of methoxy groups -OCH3 is 1. The van der Waals surface area contributed by atoms with Gasteiger partial charge in [-0.15, -0.1) is 5.10 Å². The molecule has 0 saturated heterocycles. The van der Waals surface area contributed by atoms with Crippen LogP contribution in [0, 0.1) is 0 Å². The highest BCUT2D eigenvalue weighted by Crippen LogP contribution is 2.32. The van der Waals surface area contributed by atoms with Crippen LogP contribution in [0.5, 0.6) is 5.75 Å². The van der Waals surface area contributed by atoms with Crippen LogP contribution in [0.15, 0.2) is 36.5 Å². The summed E-state index contributed by atoms with van der Waals surface area (Å²) in [6.07, 6.45) is 1.60. The van der Waals surface area contributed by atoms with E-state index in [9.17, 15) is 0 Å². The van der Waals surface area contributed by atoms with Crippen LogP contribution in [0.4, 0.5) is 0 Å². The Bertz CT molecular complexity index is 474. The zero-order valence-corrected chi connectivity index (χ0v) is 8.90. The highest BCUT2D eigenvalue weighted by molar-refractivity contribution is 6.32. The Kier molecular flexibility index (Phi) is 2.83. The van der Waals surface area contributed by atoms with Crippen molar-refractivity contribution >= 4 is 11.6 Å². The number of aromatic nitrogens is 2. The number of rotatable bonds is 2. The predicted molar refractivity (Wildman–Crippen MR) is 59.0 cm³/mol. The lowest BCUT2D eigenvalue weighted by atomic mass is 10.1. The molecule has 0 unspecified atom stereocenters. The summed E-state index contributed by atoms with van der Waals surface area (Å²) in [7, 11) is 1.63. The Labute approximate surface area is 92.7 Å². The molecule has 0 N–H and O–H groups in total. The van der Waals surface area contributed by atoms with Gasteiger partial charge in [0.05, 0.1) is 13.3 Å². The van der Waals surface area contributed by atoms with E-state index in [1.807, 2.05) is 30.3 Å². The number of hydrogen-bond acceptors (Lipinski definition) is 3. The highest BCUT2D eigenvalue weighted by atomic mass is 35.5. The van der Waals surface area contributed by atoms with E-state index in [0.717, 1.165) is 16.9 Å². The number of hydrogen-bond donors (Lipinski definition) is 0. The molecule has 2 rings (SSSR count). The van der Waals surface area contributed by atoms with Gasteiger partial charge in [0.15, 0.2) is 5.15 Å². The Balaban J connectivity index is 2.59. The minimum atomic E-state index is 0.377. The van der Waals surface area contributed by atoms with Crippen molar-refractivity contribution in [2.45, 2.75) is 0 Å². The summed E-state index contributed by atoms with van der Waals surface area (Å²) in [5, 5.41) is 7.87. The molecule has 15 heavy (non-hydrogen) atoms. The Morgan fingerprint density at radius 3 is 2.67 bits per heavy atom. The standard InChI is InChI=1S/C11H9ClN2O/c1-15-10-5-3-2-4-8(10)9-6-7-13-14-11(9)12/h2-7H,1H3. The molecule has 0 saturated carbocycles. The van der Waals surface area contributed by atoms with Gasteiger partial charge in [-0.1, -0.05) is 29.8 Å². The van der Waals surface area contributed by atoms with E-state index >= 15 is 0 Å². The van der Waals surface area contributed by atoms with E-state index < -0.39 is 0 Å². The van der Waals surface area contributed by atoms with E-state index in [1.54, 1.807) is 13.3 Å². The fourth-order valence-electron chi connectivity index (χ4n) is 1.38. The SMILES string of the molecule is COc1ccccc1-c1ccnnc1Cl. The summed E-state index contributed by atoms with van der Waals surface area (Å²) in [6.45, 7) is 0. The second-order valence-corrected chi connectivity index (χ2v) is 3.29. The van der Waals surface area contributed by atoms with Gasteiger partial charge in [-0.2, -0.15) is 5.10 Å². The molecular formula is C11H9ClN2O. The van der Waals surface area contributed by atoms with Gasteiger partial charge in [0.25, 0.3) is 0 Å². The lowest BCUT2D eigenvalue weighted by Gasteiger charge is -2.08. The van der Waals surface area contributed by atoms with Gasteiger partial charge in [0.2, 0.25) is 0 Å². The van der Waals surface area contributed by atoms with Crippen LogP contribution in [0.25, 0.3) is 11.1 Å². The van der Waals surface area contributed by atoms with Crippen LogP contribution in [-0.2, 0) is 0 Å². The summed E-state index contributed by atoms with van der Waals surface area (Å²) >= 11 is 5.96. The van der Waals surface area contributed by atoms with Crippen LogP contribution >= 0.6 is 11.6 Å². The van der Waals surface area contributed by atoms with Crippen LogP contribution in [0.2, 0.25) is 5.15 Å². The van der Waals surface area contributed by atoms with Crippen molar-refractivity contribution in [3.8, 4) is 16.9 Å². The first kappa shape index (κ1) is 9.93. The third kappa shape index (κ3) is 1.92. The van der Waals surface area contributed by atoms with Gasteiger partial charge >= 0.3 is 0 Å². The molecule has 0 atom stereocenters. The maximum absolute atomic E-state index is 5.96. The molecule has 1 heterocycles. The number of nitrogens with zero attached hydrogens (tertiary/aromatic N) is 2. The van der Waals surface area contributed by atoms with Crippen LogP contribution < -0.4 is 4.74 Å². The third-order valence-corrected chi connectivity index (χ3v) is 2.35. The minimum Gasteiger partial charge on any atom is -0.496 e.